The molecular weight excluding hydrogens is 244 g/mol. The van der Waals surface area contributed by atoms with Gasteiger partial charge in [-0.2, -0.15) is 0 Å². The molecule has 3 atom stereocenters. The van der Waals surface area contributed by atoms with Gasteiger partial charge in [-0.15, -0.1) is 0 Å². The Morgan fingerprint density at radius 2 is 2.05 bits per heavy atom. The summed E-state index contributed by atoms with van der Waals surface area (Å²) in [6.07, 6.45) is 6.31. The number of nitrogens with one attached hydrogen (secondary N) is 2. The lowest BCUT2D eigenvalue weighted by molar-refractivity contribution is -0.136. The Bertz CT molecular complexity index is 479. The Hall–Kier alpha value is -1.91. The van der Waals surface area contributed by atoms with Gasteiger partial charge in [-0.1, -0.05) is 32.1 Å². The molecule has 2 aliphatic rings. The van der Waals surface area contributed by atoms with Gasteiger partial charge in [0.1, 0.15) is 6.04 Å². The minimum absolute atomic E-state index is 0.260. The Morgan fingerprint density at radius 1 is 1.32 bits per heavy atom. The Kier molecular flexibility index (Phi) is 3.83. The van der Waals surface area contributed by atoms with Crippen molar-refractivity contribution in [3.63, 3.8) is 0 Å². The number of allylic oxidation sites excluding steroid dienone is 2. The molecule has 1 fully saturated rings. The molecule has 0 spiro atoms. The van der Waals surface area contributed by atoms with Gasteiger partial charge in [-0.05, 0) is 18.3 Å². The third-order valence-corrected chi connectivity index (χ3v) is 3.66. The van der Waals surface area contributed by atoms with E-state index in [1.165, 1.54) is 0 Å². The van der Waals surface area contributed by atoms with E-state index < -0.39 is 11.9 Å². The normalized spacial score (nSPS) is 30.6. The van der Waals surface area contributed by atoms with Crippen molar-refractivity contribution in [2.24, 2.45) is 11.8 Å². The zero-order chi connectivity index (χ0) is 14.0. The molecule has 0 radical (unpaired) electrons. The van der Waals surface area contributed by atoms with E-state index in [1.54, 1.807) is 6.08 Å². The highest BCUT2D eigenvalue weighted by atomic mass is 16.2. The summed E-state index contributed by atoms with van der Waals surface area (Å²) in [5.74, 6) is -0.259. The van der Waals surface area contributed by atoms with E-state index in [1.807, 2.05) is 19.1 Å². The quantitative estimate of drug-likeness (QED) is 0.718. The third kappa shape index (κ3) is 3.10. The fourth-order valence-electron chi connectivity index (χ4n) is 2.15. The minimum Gasteiger partial charge on any atom is -0.340 e. The molecule has 0 saturated carbocycles. The van der Waals surface area contributed by atoms with E-state index >= 15 is 0 Å². The second-order valence-corrected chi connectivity index (χ2v) is 5.18. The predicted molar refractivity (Wildman–Crippen MR) is 69.9 cm³/mol. The maximum absolute atomic E-state index is 12.1. The first-order valence-corrected chi connectivity index (χ1v) is 6.52. The van der Waals surface area contributed by atoms with Crippen molar-refractivity contribution in [1.29, 1.82) is 0 Å². The molecule has 5 heteroatoms. The molecule has 0 aromatic rings. The first kappa shape index (κ1) is 13.5. The first-order valence-electron chi connectivity index (χ1n) is 6.52. The number of rotatable bonds is 2. The van der Waals surface area contributed by atoms with Crippen LogP contribution in [-0.4, -0.2) is 23.8 Å². The lowest BCUT2D eigenvalue weighted by Crippen LogP contribution is -2.52. The molecule has 1 aliphatic heterocycles. The van der Waals surface area contributed by atoms with Crippen molar-refractivity contribution in [3.8, 4) is 0 Å². The molecular formula is C14H18N2O3. The topological polar surface area (TPSA) is 75.3 Å². The van der Waals surface area contributed by atoms with Crippen LogP contribution in [0.5, 0.6) is 0 Å². The van der Waals surface area contributed by atoms with Crippen LogP contribution in [0.3, 0.4) is 0 Å². The largest absolute Gasteiger partial charge is 0.340 e. The maximum Gasteiger partial charge on any atom is 0.251 e. The summed E-state index contributed by atoms with van der Waals surface area (Å²) in [6, 6.07) is -0.617. The SMILES string of the molecule is CC1C=CC(C(=O)NC2CCC(=O)NC2=O)=CC1C. The van der Waals surface area contributed by atoms with Crippen LogP contribution < -0.4 is 10.6 Å². The van der Waals surface area contributed by atoms with E-state index in [9.17, 15) is 14.4 Å². The van der Waals surface area contributed by atoms with E-state index in [-0.39, 0.29) is 18.2 Å². The molecule has 0 aromatic carbocycles. The van der Waals surface area contributed by atoms with E-state index in [0.717, 1.165) is 0 Å². The number of hydrogen-bond donors (Lipinski definition) is 2. The molecule has 19 heavy (non-hydrogen) atoms. The molecule has 0 aromatic heterocycles. The monoisotopic (exact) mass is 262 g/mol. The summed E-state index contributed by atoms with van der Waals surface area (Å²) in [7, 11) is 0. The van der Waals surface area contributed by atoms with Crippen LogP contribution in [0.1, 0.15) is 26.7 Å². The number of carbonyl (C=O) groups excluding carboxylic acids is 3. The van der Waals surface area contributed by atoms with Crippen LogP contribution in [-0.2, 0) is 14.4 Å². The van der Waals surface area contributed by atoms with E-state index in [2.05, 4.69) is 17.6 Å². The highest BCUT2D eigenvalue weighted by Crippen LogP contribution is 2.22. The van der Waals surface area contributed by atoms with Crippen molar-refractivity contribution < 1.29 is 14.4 Å². The summed E-state index contributed by atoms with van der Waals surface area (Å²) in [4.78, 5) is 34.6. The van der Waals surface area contributed by atoms with Crippen molar-refractivity contribution in [2.45, 2.75) is 32.7 Å². The molecule has 102 valence electrons. The second kappa shape index (κ2) is 5.38. The zero-order valence-electron chi connectivity index (χ0n) is 11.1. The Morgan fingerprint density at radius 3 is 2.68 bits per heavy atom. The van der Waals surface area contributed by atoms with Crippen LogP contribution in [0.15, 0.2) is 23.8 Å². The summed E-state index contributed by atoms with van der Waals surface area (Å²) in [5, 5.41) is 4.89. The predicted octanol–water partition coefficient (Wildman–Crippen LogP) is 0.676. The molecule has 3 unspecified atom stereocenters. The fourth-order valence-corrected chi connectivity index (χ4v) is 2.15. The first-order chi connectivity index (χ1) is 8.97. The zero-order valence-corrected chi connectivity index (χ0v) is 11.1. The number of amides is 3. The summed E-state index contributed by atoms with van der Waals surface area (Å²) in [6.45, 7) is 4.14. The van der Waals surface area contributed by atoms with Gasteiger partial charge in [-0.3, -0.25) is 19.7 Å². The number of imide groups is 1. The number of carbonyl (C=O) groups is 3. The molecule has 1 aliphatic carbocycles. The average Bonchev–Trinajstić information content (AvgIpc) is 2.36. The van der Waals surface area contributed by atoms with Crippen molar-refractivity contribution in [2.75, 3.05) is 0 Å². The van der Waals surface area contributed by atoms with Crippen LogP contribution in [0.25, 0.3) is 0 Å². The van der Waals surface area contributed by atoms with Crippen molar-refractivity contribution in [3.05, 3.63) is 23.8 Å². The fraction of sp³-hybridized carbons (Fsp3) is 0.500. The molecule has 1 heterocycles. The lowest BCUT2D eigenvalue weighted by Gasteiger charge is -2.23. The van der Waals surface area contributed by atoms with Crippen molar-refractivity contribution in [1.82, 2.24) is 10.6 Å². The van der Waals surface area contributed by atoms with Gasteiger partial charge >= 0.3 is 0 Å². The molecule has 0 bridgehead atoms. The summed E-state index contributed by atoms with van der Waals surface area (Å²) >= 11 is 0. The highest BCUT2D eigenvalue weighted by molar-refractivity contribution is 6.04. The van der Waals surface area contributed by atoms with E-state index in [0.29, 0.717) is 23.8 Å². The van der Waals surface area contributed by atoms with Crippen LogP contribution in [0, 0.1) is 11.8 Å². The summed E-state index contributed by atoms with van der Waals surface area (Å²) < 4.78 is 0. The number of hydrogen-bond acceptors (Lipinski definition) is 3. The van der Waals surface area contributed by atoms with Gasteiger partial charge in [0.15, 0.2) is 0 Å². The third-order valence-electron chi connectivity index (χ3n) is 3.66. The molecule has 2 rings (SSSR count). The number of piperidine rings is 1. The summed E-state index contributed by atoms with van der Waals surface area (Å²) in [5.41, 5.74) is 0.579. The van der Waals surface area contributed by atoms with Crippen molar-refractivity contribution >= 4 is 17.7 Å². The average molecular weight is 262 g/mol. The van der Waals surface area contributed by atoms with Crippen LogP contribution in [0.4, 0.5) is 0 Å². The van der Waals surface area contributed by atoms with Gasteiger partial charge in [0.05, 0.1) is 0 Å². The standard InChI is InChI=1S/C14H18N2O3/c1-8-3-4-10(7-9(8)2)13(18)15-11-5-6-12(17)16-14(11)19/h3-4,7-9,11H,5-6H2,1-2H3,(H,15,18)(H,16,17,19). The Balaban J connectivity index is 1.98. The van der Waals surface area contributed by atoms with Gasteiger partial charge in [-0.25, -0.2) is 0 Å². The Labute approximate surface area is 112 Å². The smallest absolute Gasteiger partial charge is 0.251 e. The van der Waals surface area contributed by atoms with Gasteiger partial charge < -0.3 is 5.32 Å². The molecule has 2 N–H and O–H groups in total. The maximum atomic E-state index is 12.1. The molecule has 1 saturated heterocycles. The van der Waals surface area contributed by atoms with E-state index in [4.69, 9.17) is 0 Å². The highest BCUT2D eigenvalue weighted by Gasteiger charge is 2.28. The van der Waals surface area contributed by atoms with Gasteiger partial charge in [0.2, 0.25) is 11.8 Å². The van der Waals surface area contributed by atoms with Gasteiger partial charge in [0, 0.05) is 12.0 Å². The lowest BCUT2D eigenvalue weighted by atomic mass is 9.88. The molecule has 5 nitrogen and oxygen atoms in total. The van der Waals surface area contributed by atoms with Crippen LogP contribution in [0.2, 0.25) is 0 Å². The minimum atomic E-state index is -0.617. The van der Waals surface area contributed by atoms with Crippen LogP contribution >= 0.6 is 0 Å². The van der Waals surface area contributed by atoms with Gasteiger partial charge in [0.25, 0.3) is 5.91 Å². The second-order valence-electron chi connectivity index (χ2n) is 5.18. The molecule has 3 amide bonds.